The number of fused-ring (bicyclic) bond motifs is 1. The van der Waals surface area contributed by atoms with Gasteiger partial charge in [-0.05, 0) is 30.2 Å². The van der Waals surface area contributed by atoms with Crippen LogP contribution in [0.15, 0.2) is 18.2 Å². The van der Waals surface area contributed by atoms with Crippen molar-refractivity contribution in [2.45, 2.75) is 12.5 Å². The van der Waals surface area contributed by atoms with Gasteiger partial charge in [-0.1, -0.05) is 0 Å². The molecule has 1 saturated heterocycles. The summed E-state index contributed by atoms with van der Waals surface area (Å²) in [6.07, 6.45) is 0.715. The minimum Gasteiger partial charge on any atom is -0.394 e. The Morgan fingerprint density at radius 3 is 3.15 bits per heavy atom. The van der Waals surface area contributed by atoms with Crippen molar-refractivity contribution >= 4 is 24.0 Å². The largest absolute Gasteiger partial charge is 0.394 e. The van der Waals surface area contributed by atoms with Crippen LogP contribution in [0.3, 0.4) is 0 Å². The average Bonchev–Trinajstić information content (AvgIpc) is 2.94. The van der Waals surface area contributed by atoms with Crippen LogP contribution < -0.4 is 5.32 Å². The molecule has 0 saturated carbocycles. The average molecular weight is 299 g/mol. The smallest absolute Gasteiger partial charge is 0.254 e. The first-order chi connectivity index (χ1) is 9.28. The minimum absolute atomic E-state index is 0. The molecular formula is C14H19ClN2O3. The number of hydrogen-bond donors (Lipinski definition) is 2. The minimum atomic E-state index is -0.256. The number of halogens is 1. The molecule has 1 unspecified atom stereocenters. The second-order valence-electron chi connectivity index (χ2n) is 4.98. The predicted molar refractivity (Wildman–Crippen MR) is 78.6 cm³/mol. The summed E-state index contributed by atoms with van der Waals surface area (Å²) < 4.78 is 5.36. The summed E-state index contributed by atoms with van der Waals surface area (Å²) in [6, 6.07) is 5.81. The first kappa shape index (κ1) is 15.1. The van der Waals surface area contributed by atoms with Gasteiger partial charge in [0.15, 0.2) is 0 Å². The Morgan fingerprint density at radius 1 is 1.50 bits per heavy atom. The van der Waals surface area contributed by atoms with Crippen molar-refractivity contribution < 1.29 is 14.6 Å². The van der Waals surface area contributed by atoms with Crippen molar-refractivity contribution in [2.24, 2.45) is 0 Å². The number of ether oxygens (including phenoxy) is 1. The molecule has 2 aliphatic heterocycles. The number of morpholine rings is 1. The highest BCUT2D eigenvalue weighted by molar-refractivity contribution is 5.95. The van der Waals surface area contributed by atoms with Gasteiger partial charge in [-0.25, -0.2) is 0 Å². The molecule has 0 spiro atoms. The van der Waals surface area contributed by atoms with Gasteiger partial charge >= 0.3 is 0 Å². The lowest BCUT2D eigenvalue weighted by atomic mass is 10.1. The Kier molecular flexibility index (Phi) is 4.86. The summed E-state index contributed by atoms with van der Waals surface area (Å²) >= 11 is 0. The Hall–Kier alpha value is -1.30. The Labute approximate surface area is 124 Å². The summed E-state index contributed by atoms with van der Waals surface area (Å²) in [5.74, 6) is 0.0245. The molecule has 1 atom stereocenters. The number of amides is 1. The third-order valence-electron chi connectivity index (χ3n) is 3.69. The number of benzene rings is 1. The molecule has 2 heterocycles. The van der Waals surface area contributed by atoms with Crippen LogP contribution in [0.25, 0.3) is 0 Å². The summed E-state index contributed by atoms with van der Waals surface area (Å²) in [5, 5.41) is 12.4. The molecule has 1 aromatic carbocycles. The third kappa shape index (κ3) is 2.90. The molecule has 110 valence electrons. The van der Waals surface area contributed by atoms with E-state index in [1.807, 2.05) is 18.2 Å². The molecule has 6 heteroatoms. The van der Waals surface area contributed by atoms with Crippen LogP contribution in [-0.2, 0) is 11.2 Å². The lowest BCUT2D eigenvalue weighted by molar-refractivity contribution is -0.0447. The van der Waals surface area contributed by atoms with E-state index in [0.717, 1.165) is 24.2 Å². The maximum atomic E-state index is 12.4. The van der Waals surface area contributed by atoms with Gasteiger partial charge in [-0.15, -0.1) is 12.4 Å². The van der Waals surface area contributed by atoms with Gasteiger partial charge in [-0.2, -0.15) is 0 Å². The van der Waals surface area contributed by atoms with E-state index < -0.39 is 0 Å². The fraction of sp³-hybridized carbons (Fsp3) is 0.500. The summed E-state index contributed by atoms with van der Waals surface area (Å²) in [4.78, 5) is 14.2. The topological polar surface area (TPSA) is 61.8 Å². The molecule has 3 rings (SSSR count). The number of nitrogens with zero attached hydrogens (tertiary/aromatic N) is 1. The highest BCUT2D eigenvalue weighted by Gasteiger charge is 2.25. The van der Waals surface area contributed by atoms with E-state index in [-0.39, 0.29) is 31.0 Å². The van der Waals surface area contributed by atoms with E-state index in [1.165, 1.54) is 5.56 Å². The van der Waals surface area contributed by atoms with Gasteiger partial charge in [0.2, 0.25) is 0 Å². The molecular weight excluding hydrogens is 280 g/mol. The van der Waals surface area contributed by atoms with Gasteiger partial charge in [0.05, 0.1) is 19.3 Å². The maximum absolute atomic E-state index is 12.4. The van der Waals surface area contributed by atoms with Crippen molar-refractivity contribution in [1.82, 2.24) is 4.90 Å². The summed E-state index contributed by atoms with van der Waals surface area (Å²) in [6.45, 7) is 2.44. The van der Waals surface area contributed by atoms with Crippen LogP contribution in [0.2, 0.25) is 0 Å². The lowest BCUT2D eigenvalue weighted by Crippen LogP contribution is -2.46. The van der Waals surface area contributed by atoms with Crippen LogP contribution in [0.1, 0.15) is 15.9 Å². The zero-order chi connectivity index (χ0) is 13.2. The van der Waals surface area contributed by atoms with E-state index in [4.69, 9.17) is 9.84 Å². The third-order valence-corrected chi connectivity index (χ3v) is 3.69. The second-order valence-corrected chi connectivity index (χ2v) is 4.98. The number of nitrogens with one attached hydrogen (secondary N) is 1. The number of aliphatic hydroxyl groups is 1. The van der Waals surface area contributed by atoms with Gasteiger partial charge < -0.3 is 20.1 Å². The number of anilines is 1. The van der Waals surface area contributed by atoms with E-state index in [0.29, 0.717) is 19.7 Å². The molecule has 2 aliphatic rings. The Morgan fingerprint density at radius 2 is 2.35 bits per heavy atom. The highest BCUT2D eigenvalue weighted by atomic mass is 35.5. The molecule has 1 aromatic rings. The molecule has 5 nitrogen and oxygen atoms in total. The van der Waals surface area contributed by atoms with Crippen LogP contribution >= 0.6 is 12.4 Å². The molecule has 0 radical (unpaired) electrons. The molecule has 0 aliphatic carbocycles. The van der Waals surface area contributed by atoms with E-state index in [1.54, 1.807) is 4.90 Å². The van der Waals surface area contributed by atoms with E-state index >= 15 is 0 Å². The number of carbonyl (C=O) groups excluding carboxylic acids is 1. The van der Waals surface area contributed by atoms with Crippen molar-refractivity contribution in [3.8, 4) is 0 Å². The van der Waals surface area contributed by atoms with Crippen LogP contribution in [0.4, 0.5) is 5.69 Å². The van der Waals surface area contributed by atoms with Crippen LogP contribution in [0.5, 0.6) is 0 Å². The van der Waals surface area contributed by atoms with E-state index in [2.05, 4.69) is 5.32 Å². The molecule has 2 N–H and O–H groups in total. The second kappa shape index (κ2) is 6.43. The zero-order valence-electron chi connectivity index (χ0n) is 11.2. The summed E-state index contributed by atoms with van der Waals surface area (Å²) in [5.41, 5.74) is 3.06. The van der Waals surface area contributed by atoms with Crippen molar-refractivity contribution in [2.75, 3.05) is 38.2 Å². The maximum Gasteiger partial charge on any atom is 0.254 e. The number of carbonyl (C=O) groups is 1. The standard InChI is InChI=1S/C14H18N2O3.ClH/c17-9-12-8-16(5-6-19-12)14(18)11-1-2-13-10(7-11)3-4-15-13;/h1-2,7,12,15,17H,3-6,8-9H2;1H. The molecule has 0 aromatic heterocycles. The van der Waals surface area contributed by atoms with Gasteiger partial charge in [0.1, 0.15) is 0 Å². The fourth-order valence-corrected chi connectivity index (χ4v) is 2.63. The lowest BCUT2D eigenvalue weighted by Gasteiger charge is -2.32. The fourth-order valence-electron chi connectivity index (χ4n) is 2.63. The van der Waals surface area contributed by atoms with Crippen molar-refractivity contribution in [3.63, 3.8) is 0 Å². The molecule has 20 heavy (non-hydrogen) atoms. The quantitative estimate of drug-likeness (QED) is 0.852. The molecule has 0 bridgehead atoms. The number of hydrogen-bond acceptors (Lipinski definition) is 4. The van der Waals surface area contributed by atoms with E-state index in [9.17, 15) is 4.79 Å². The number of aliphatic hydroxyl groups excluding tert-OH is 1. The SMILES string of the molecule is Cl.O=C(c1ccc2c(c1)CCN2)N1CCOC(CO)C1. The number of rotatable bonds is 2. The van der Waals surface area contributed by atoms with Crippen LogP contribution in [0, 0.1) is 0 Å². The summed E-state index contributed by atoms with van der Waals surface area (Å²) in [7, 11) is 0. The first-order valence-electron chi connectivity index (χ1n) is 6.66. The van der Waals surface area contributed by atoms with Gasteiger partial charge in [0, 0.05) is 30.9 Å². The molecule has 1 fully saturated rings. The Bertz CT molecular complexity index is 495. The highest BCUT2D eigenvalue weighted by Crippen LogP contribution is 2.24. The van der Waals surface area contributed by atoms with Crippen LogP contribution in [-0.4, -0.2) is 54.9 Å². The normalized spacial score (nSPS) is 20.9. The first-order valence-corrected chi connectivity index (χ1v) is 6.66. The van der Waals surface area contributed by atoms with Gasteiger partial charge in [-0.3, -0.25) is 4.79 Å². The molecule has 1 amide bonds. The van der Waals surface area contributed by atoms with Gasteiger partial charge in [0.25, 0.3) is 5.91 Å². The van der Waals surface area contributed by atoms with Crippen molar-refractivity contribution in [3.05, 3.63) is 29.3 Å². The predicted octanol–water partition coefficient (Wildman–Crippen LogP) is 0.910. The Balaban J connectivity index is 0.00000147. The monoisotopic (exact) mass is 298 g/mol. The zero-order valence-corrected chi connectivity index (χ0v) is 12.0. The van der Waals surface area contributed by atoms with Crippen molar-refractivity contribution in [1.29, 1.82) is 0 Å².